The van der Waals surface area contributed by atoms with E-state index in [1.54, 1.807) is 0 Å². The zero-order valence-electron chi connectivity index (χ0n) is 9.86. The fraction of sp³-hybridized carbons (Fsp3) is 0.400. The molecule has 1 unspecified atom stereocenters. The van der Waals surface area contributed by atoms with Crippen molar-refractivity contribution in [2.24, 2.45) is 0 Å². The van der Waals surface area contributed by atoms with Crippen LogP contribution in [-0.2, 0) is 14.3 Å². The summed E-state index contributed by atoms with van der Waals surface area (Å²) in [6.07, 6.45) is -0.233. The predicted octanol–water partition coefficient (Wildman–Crippen LogP) is 3.63. The number of benzene rings is 1. The Morgan fingerprint density at radius 2 is 1.84 bits per heavy atom. The molecule has 0 heterocycles. The molecule has 0 amide bonds. The number of hydrogen-bond donors (Lipinski definition) is 0. The van der Waals surface area contributed by atoms with Crippen molar-refractivity contribution < 1.29 is 26.1 Å². The maximum absolute atomic E-state index is 12.3. The van der Waals surface area contributed by atoms with Gasteiger partial charge in [-0.3, -0.25) is 4.18 Å². The van der Waals surface area contributed by atoms with Crippen molar-refractivity contribution in [1.82, 2.24) is 0 Å². The normalized spacial score (nSPS) is 13.6. The van der Waals surface area contributed by atoms with E-state index in [1.807, 2.05) is 0 Å². The molecule has 0 fully saturated rings. The Balaban J connectivity index is 3.23. The molecular formula is C10H10Cl2F2O4S. The molecular weight excluding hydrogens is 325 g/mol. The summed E-state index contributed by atoms with van der Waals surface area (Å²) in [7, 11) is -3.77. The Hall–Kier alpha value is -0.630. The topological polar surface area (TPSA) is 52.6 Å². The molecule has 0 N–H and O–H groups in total. The molecule has 0 aliphatic heterocycles. The molecule has 4 nitrogen and oxygen atoms in total. The molecule has 1 aromatic carbocycles. The lowest BCUT2D eigenvalue weighted by Crippen LogP contribution is -2.11. The van der Waals surface area contributed by atoms with Gasteiger partial charge in [-0.2, -0.15) is 17.2 Å². The van der Waals surface area contributed by atoms with Gasteiger partial charge in [0.15, 0.2) is 5.75 Å². The molecule has 0 aliphatic carbocycles. The highest BCUT2D eigenvalue weighted by Gasteiger charge is 2.22. The molecule has 0 saturated heterocycles. The Morgan fingerprint density at radius 3 is 2.32 bits per heavy atom. The highest BCUT2D eigenvalue weighted by molar-refractivity contribution is 7.86. The predicted molar refractivity (Wildman–Crippen MR) is 67.4 cm³/mol. The van der Waals surface area contributed by atoms with Crippen molar-refractivity contribution in [3.63, 3.8) is 0 Å². The van der Waals surface area contributed by atoms with Crippen LogP contribution in [0, 0.1) is 0 Å². The van der Waals surface area contributed by atoms with Gasteiger partial charge < -0.3 is 4.74 Å². The van der Waals surface area contributed by atoms with Crippen LogP contribution >= 0.6 is 23.2 Å². The number of alkyl halides is 2. The molecule has 0 saturated carbocycles. The Kier molecular flexibility index (Phi) is 5.37. The van der Waals surface area contributed by atoms with E-state index in [4.69, 9.17) is 23.2 Å². The molecule has 0 spiro atoms. The largest absolute Gasteiger partial charge is 0.433 e. The SMILES string of the molecule is CC(OS(C)(=O)=O)c1cc(Cl)cc(Cl)c1OC(F)F. The molecule has 0 aromatic heterocycles. The molecule has 19 heavy (non-hydrogen) atoms. The zero-order valence-corrected chi connectivity index (χ0v) is 12.2. The smallest absolute Gasteiger partial charge is 0.387 e. The van der Waals surface area contributed by atoms with Gasteiger partial charge in [0.25, 0.3) is 10.1 Å². The van der Waals surface area contributed by atoms with Crippen LogP contribution in [-0.4, -0.2) is 21.3 Å². The highest BCUT2D eigenvalue weighted by atomic mass is 35.5. The van der Waals surface area contributed by atoms with Crippen molar-refractivity contribution in [1.29, 1.82) is 0 Å². The first-order valence-corrected chi connectivity index (χ1v) is 7.49. The van der Waals surface area contributed by atoms with E-state index in [2.05, 4.69) is 8.92 Å². The summed E-state index contributed by atoms with van der Waals surface area (Å²) in [4.78, 5) is 0. The second kappa shape index (κ2) is 6.21. The number of halogens is 4. The number of rotatable bonds is 5. The van der Waals surface area contributed by atoms with Crippen molar-refractivity contribution in [2.45, 2.75) is 19.6 Å². The average molecular weight is 335 g/mol. The maximum atomic E-state index is 12.3. The summed E-state index contributed by atoms with van der Waals surface area (Å²) < 4.78 is 55.7. The Labute approximate surface area is 119 Å². The standard InChI is InChI=1S/C10H10Cl2F2O4S/c1-5(18-19(2,15)16)7-3-6(11)4-8(12)9(7)17-10(13)14/h3-5,10H,1-2H3. The summed E-state index contributed by atoms with van der Waals surface area (Å²) in [5, 5.41) is -0.0164. The maximum Gasteiger partial charge on any atom is 0.387 e. The fourth-order valence-corrected chi connectivity index (χ4v) is 2.59. The monoisotopic (exact) mass is 334 g/mol. The van der Waals surface area contributed by atoms with E-state index in [1.165, 1.54) is 19.1 Å². The molecule has 108 valence electrons. The van der Waals surface area contributed by atoms with E-state index in [0.29, 0.717) is 0 Å². The summed E-state index contributed by atoms with van der Waals surface area (Å²) in [5.41, 5.74) is 0.0169. The lowest BCUT2D eigenvalue weighted by atomic mass is 10.1. The van der Waals surface area contributed by atoms with Crippen molar-refractivity contribution in [3.05, 3.63) is 27.7 Å². The highest BCUT2D eigenvalue weighted by Crippen LogP contribution is 2.38. The third-order valence-electron chi connectivity index (χ3n) is 2.00. The van der Waals surface area contributed by atoms with E-state index in [0.717, 1.165) is 6.26 Å². The minimum absolute atomic E-state index is 0.0169. The molecule has 1 atom stereocenters. The van der Waals surface area contributed by atoms with Crippen LogP contribution in [0.25, 0.3) is 0 Å². The van der Waals surface area contributed by atoms with Gasteiger partial charge in [0.2, 0.25) is 0 Å². The summed E-state index contributed by atoms with van der Waals surface area (Å²) in [5.74, 6) is -0.364. The first-order chi connectivity index (χ1) is 8.60. The average Bonchev–Trinajstić information content (AvgIpc) is 2.18. The van der Waals surface area contributed by atoms with E-state index in [9.17, 15) is 17.2 Å². The zero-order chi connectivity index (χ0) is 14.8. The van der Waals surface area contributed by atoms with Crippen molar-refractivity contribution >= 4 is 33.3 Å². The second-order valence-corrected chi connectivity index (χ2v) is 6.07. The minimum atomic E-state index is -3.77. The molecule has 1 rings (SSSR count). The molecule has 1 aromatic rings. The quantitative estimate of drug-likeness (QED) is 0.771. The van der Waals surface area contributed by atoms with Crippen molar-refractivity contribution in [2.75, 3.05) is 6.26 Å². The lowest BCUT2D eigenvalue weighted by Gasteiger charge is -2.17. The van der Waals surface area contributed by atoms with Gasteiger partial charge in [0, 0.05) is 10.6 Å². The van der Waals surface area contributed by atoms with Crippen LogP contribution in [0.3, 0.4) is 0 Å². The summed E-state index contributed by atoms with van der Waals surface area (Å²) in [6.45, 7) is -1.76. The Bertz CT molecular complexity index is 563. The molecule has 0 radical (unpaired) electrons. The molecule has 9 heteroatoms. The van der Waals surface area contributed by atoms with Gasteiger partial charge in [0.05, 0.1) is 11.3 Å². The third-order valence-corrected chi connectivity index (χ3v) is 3.14. The van der Waals surface area contributed by atoms with Crippen LogP contribution in [0.2, 0.25) is 10.0 Å². The van der Waals surface area contributed by atoms with E-state index >= 15 is 0 Å². The van der Waals surface area contributed by atoms with Crippen LogP contribution in [0.4, 0.5) is 8.78 Å². The van der Waals surface area contributed by atoms with E-state index in [-0.39, 0.29) is 21.4 Å². The van der Waals surface area contributed by atoms with Gasteiger partial charge >= 0.3 is 6.61 Å². The summed E-state index contributed by atoms with van der Waals surface area (Å²) in [6, 6.07) is 2.46. The van der Waals surface area contributed by atoms with Crippen LogP contribution in [0.1, 0.15) is 18.6 Å². The van der Waals surface area contributed by atoms with Crippen molar-refractivity contribution in [3.8, 4) is 5.75 Å². The van der Waals surface area contributed by atoms with Gasteiger partial charge in [-0.05, 0) is 19.1 Å². The van der Waals surface area contributed by atoms with Crippen LogP contribution in [0.15, 0.2) is 12.1 Å². The Morgan fingerprint density at radius 1 is 1.26 bits per heavy atom. The lowest BCUT2D eigenvalue weighted by molar-refractivity contribution is -0.0511. The number of ether oxygens (including phenoxy) is 1. The van der Waals surface area contributed by atoms with Gasteiger partial charge in [0.1, 0.15) is 6.10 Å². The summed E-state index contributed by atoms with van der Waals surface area (Å²) >= 11 is 11.5. The first kappa shape index (κ1) is 16.4. The van der Waals surface area contributed by atoms with Crippen LogP contribution < -0.4 is 4.74 Å². The third kappa shape index (κ3) is 5.10. The second-order valence-electron chi connectivity index (χ2n) is 3.63. The van der Waals surface area contributed by atoms with Crippen LogP contribution in [0.5, 0.6) is 5.75 Å². The molecule has 0 aliphatic rings. The minimum Gasteiger partial charge on any atom is -0.433 e. The van der Waals surface area contributed by atoms with Gasteiger partial charge in [-0.1, -0.05) is 23.2 Å². The fourth-order valence-electron chi connectivity index (χ4n) is 1.41. The van der Waals surface area contributed by atoms with Gasteiger partial charge in [-0.15, -0.1) is 0 Å². The number of hydrogen-bond acceptors (Lipinski definition) is 4. The first-order valence-electron chi connectivity index (χ1n) is 4.92. The van der Waals surface area contributed by atoms with E-state index < -0.39 is 22.8 Å². The van der Waals surface area contributed by atoms with Gasteiger partial charge in [-0.25, -0.2) is 0 Å². The molecule has 0 bridgehead atoms.